The van der Waals surface area contributed by atoms with Crippen LogP contribution in [0.3, 0.4) is 0 Å². The van der Waals surface area contributed by atoms with Gasteiger partial charge in [-0.3, -0.25) is 24.5 Å². The van der Waals surface area contributed by atoms with E-state index in [0.29, 0.717) is 25.9 Å². The Kier molecular flexibility index (Phi) is 7.09. The van der Waals surface area contributed by atoms with Crippen LogP contribution in [0, 0.1) is 0 Å². The summed E-state index contributed by atoms with van der Waals surface area (Å²) in [4.78, 5) is 62.6. The molecule has 33 heavy (non-hydrogen) atoms. The van der Waals surface area contributed by atoms with Crippen molar-refractivity contribution >= 4 is 23.8 Å². The minimum atomic E-state index is -0.862. The van der Waals surface area contributed by atoms with Crippen molar-refractivity contribution in [2.24, 2.45) is 0 Å². The second kappa shape index (κ2) is 9.63. The van der Waals surface area contributed by atoms with E-state index in [1.165, 1.54) is 23.9 Å². The monoisotopic (exact) mass is 462 g/mol. The van der Waals surface area contributed by atoms with E-state index in [1.54, 1.807) is 25.7 Å². The second-order valence-electron chi connectivity index (χ2n) is 9.18. The zero-order valence-corrected chi connectivity index (χ0v) is 19.3. The molecule has 0 radical (unpaired) electrons. The average molecular weight is 463 g/mol. The van der Waals surface area contributed by atoms with Gasteiger partial charge in [-0.1, -0.05) is 0 Å². The number of carbonyl (C=O) groups is 4. The van der Waals surface area contributed by atoms with Crippen LogP contribution < -0.4 is 20.9 Å². The number of pyridine rings is 1. The summed E-state index contributed by atoms with van der Waals surface area (Å²) in [5.74, 6) is -1.41. The van der Waals surface area contributed by atoms with Gasteiger partial charge in [0, 0.05) is 31.6 Å². The van der Waals surface area contributed by atoms with Crippen molar-refractivity contribution in [2.75, 3.05) is 20.2 Å². The standard InChI is InChI=1S/C22H30N4O7/c1-22(2,3)33-21(31)25-9-7-13(8-10-25)26-12-16(32-4)14(11-18(26)28)19(29)23-15-5-6-17(27)24-20(15)30/h11-13,15H,5-10H2,1-4H3,(H,23,29)(H,24,27,30)/t15-/m0/s1. The molecule has 2 aliphatic rings. The third kappa shape index (κ3) is 5.91. The Balaban J connectivity index is 1.70. The summed E-state index contributed by atoms with van der Waals surface area (Å²) in [6.45, 7) is 6.29. The van der Waals surface area contributed by atoms with E-state index < -0.39 is 23.5 Å². The number of ether oxygens (including phenoxy) is 2. The molecular weight excluding hydrogens is 432 g/mol. The zero-order valence-electron chi connectivity index (χ0n) is 19.3. The number of piperidine rings is 2. The lowest BCUT2D eigenvalue weighted by Crippen LogP contribution is -2.52. The number of imide groups is 1. The first-order valence-corrected chi connectivity index (χ1v) is 10.9. The van der Waals surface area contributed by atoms with Crippen LogP contribution >= 0.6 is 0 Å². The van der Waals surface area contributed by atoms with Crippen LogP contribution in [0.2, 0.25) is 0 Å². The molecule has 1 atom stereocenters. The van der Waals surface area contributed by atoms with E-state index in [9.17, 15) is 24.0 Å². The molecular formula is C22H30N4O7. The molecule has 0 unspecified atom stereocenters. The van der Waals surface area contributed by atoms with Crippen LogP contribution in [0.1, 0.15) is 62.9 Å². The van der Waals surface area contributed by atoms with Crippen LogP contribution in [-0.4, -0.2) is 65.1 Å². The van der Waals surface area contributed by atoms with Crippen molar-refractivity contribution in [3.05, 3.63) is 28.2 Å². The van der Waals surface area contributed by atoms with E-state index in [4.69, 9.17) is 9.47 Å². The predicted molar refractivity (Wildman–Crippen MR) is 117 cm³/mol. The van der Waals surface area contributed by atoms with Gasteiger partial charge in [-0.05, 0) is 40.0 Å². The Hall–Kier alpha value is -3.37. The van der Waals surface area contributed by atoms with Gasteiger partial charge in [0.25, 0.3) is 11.5 Å². The molecule has 3 heterocycles. The van der Waals surface area contributed by atoms with Gasteiger partial charge in [-0.15, -0.1) is 0 Å². The lowest BCUT2D eigenvalue weighted by molar-refractivity contribution is -0.134. The number of methoxy groups -OCH3 is 1. The smallest absolute Gasteiger partial charge is 0.410 e. The second-order valence-corrected chi connectivity index (χ2v) is 9.18. The fraction of sp³-hybridized carbons (Fsp3) is 0.591. The number of amides is 4. The van der Waals surface area contributed by atoms with Gasteiger partial charge in [0.15, 0.2) is 0 Å². The van der Waals surface area contributed by atoms with Gasteiger partial charge in [0.05, 0.1) is 18.9 Å². The first-order chi connectivity index (χ1) is 15.5. The maximum atomic E-state index is 12.8. The predicted octanol–water partition coefficient (Wildman–Crippen LogP) is 0.964. The van der Waals surface area contributed by atoms with Gasteiger partial charge in [0.1, 0.15) is 17.4 Å². The van der Waals surface area contributed by atoms with Crippen molar-refractivity contribution in [1.82, 2.24) is 20.1 Å². The number of nitrogens with one attached hydrogen (secondary N) is 2. The van der Waals surface area contributed by atoms with E-state index in [1.807, 2.05) is 0 Å². The molecule has 2 saturated heterocycles. The Morgan fingerprint density at radius 2 is 1.79 bits per heavy atom. The molecule has 0 saturated carbocycles. The molecule has 11 nitrogen and oxygen atoms in total. The van der Waals surface area contributed by atoms with Crippen molar-refractivity contribution in [1.29, 1.82) is 0 Å². The quantitative estimate of drug-likeness (QED) is 0.636. The third-order valence-corrected chi connectivity index (χ3v) is 5.56. The van der Waals surface area contributed by atoms with Gasteiger partial charge < -0.3 is 24.3 Å². The number of hydrogen-bond acceptors (Lipinski definition) is 7. The van der Waals surface area contributed by atoms with Crippen molar-refractivity contribution in [2.45, 2.75) is 64.1 Å². The minimum Gasteiger partial charge on any atom is -0.494 e. The fourth-order valence-corrected chi connectivity index (χ4v) is 3.87. The van der Waals surface area contributed by atoms with Gasteiger partial charge in [0.2, 0.25) is 11.8 Å². The molecule has 180 valence electrons. The Morgan fingerprint density at radius 1 is 1.12 bits per heavy atom. The summed E-state index contributed by atoms with van der Waals surface area (Å²) in [5, 5.41) is 4.73. The number of carbonyl (C=O) groups excluding carboxylic acids is 4. The van der Waals surface area contributed by atoms with E-state index in [-0.39, 0.29) is 47.8 Å². The van der Waals surface area contributed by atoms with Gasteiger partial charge in [-0.2, -0.15) is 0 Å². The van der Waals surface area contributed by atoms with Crippen LogP contribution in [0.15, 0.2) is 17.1 Å². The van der Waals surface area contributed by atoms with Crippen LogP contribution in [0.25, 0.3) is 0 Å². The summed E-state index contributed by atoms with van der Waals surface area (Å²) in [7, 11) is 1.39. The fourth-order valence-electron chi connectivity index (χ4n) is 3.87. The number of rotatable bonds is 4. The SMILES string of the molecule is COc1cn(C2CCN(C(=O)OC(C)(C)C)CC2)c(=O)cc1C(=O)N[C@H]1CCC(=O)NC1=O. The maximum Gasteiger partial charge on any atom is 0.410 e. The molecule has 2 N–H and O–H groups in total. The lowest BCUT2D eigenvalue weighted by atomic mass is 10.0. The van der Waals surface area contributed by atoms with Crippen molar-refractivity contribution < 1.29 is 28.7 Å². The van der Waals surface area contributed by atoms with Crippen LogP contribution in [0.5, 0.6) is 5.75 Å². The lowest BCUT2D eigenvalue weighted by Gasteiger charge is -2.34. The molecule has 0 bridgehead atoms. The van der Waals surface area contributed by atoms with E-state index in [0.717, 1.165) is 0 Å². The Morgan fingerprint density at radius 3 is 2.36 bits per heavy atom. The molecule has 2 aliphatic heterocycles. The summed E-state index contributed by atoms with van der Waals surface area (Å²) >= 11 is 0. The Labute approximate surface area is 191 Å². The largest absolute Gasteiger partial charge is 0.494 e. The highest BCUT2D eigenvalue weighted by molar-refractivity contribution is 6.04. The maximum absolute atomic E-state index is 12.8. The van der Waals surface area contributed by atoms with Crippen LogP contribution in [-0.2, 0) is 14.3 Å². The number of likely N-dealkylation sites (tertiary alicyclic amines) is 1. The summed E-state index contributed by atoms with van der Waals surface area (Å²) < 4.78 is 12.3. The summed E-state index contributed by atoms with van der Waals surface area (Å²) in [6.07, 6.45) is 2.50. The van der Waals surface area contributed by atoms with E-state index in [2.05, 4.69) is 10.6 Å². The highest BCUT2D eigenvalue weighted by Crippen LogP contribution is 2.25. The summed E-state index contributed by atoms with van der Waals surface area (Å²) in [6, 6.07) is 0.150. The van der Waals surface area contributed by atoms with Gasteiger partial charge >= 0.3 is 6.09 Å². The topological polar surface area (TPSA) is 136 Å². The molecule has 2 fully saturated rings. The minimum absolute atomic E-state index is 0.00893. The molecule has 0 spiro atoms. The number of aromatic nitrogens is 1. The van der Waals surface area contributed by atoms with Crippen molar-refractivity contribution in [3.8, 4) is 5.75 Å². The average Bonchev–Trinajstić information content (AvgIpc) is 2.74. The van der Waals surface area contributed by atoms with Gasteiger partial charge in [-0.25, -0.2) is 4.79 Å². The highest BCUT2D eigenvalue weighted by Gasteiger charge is 2.31. The molecule has 0 aromatic carbocycles. The molecule has 4 amide bonds. The molecule has 3 rings (SSSR count). The molecule has 11 heteroatoms. The van der Waals surface area contributed by atoms with E-state index >= 15 is 0 Å². The zero-order chi connectivity index (χ0) is 24.3. The Bertz CT molecular complexity index is 1000. The molecule has 1 aromatic heterocycles. The first kappa shape index (κ1) is 24.3. The van der Waals surface area contributed by atoms with Crippen LogP contribution in [0.4, 0.5) is 4.79 Å². The highest BCUT2D eigenvalue weighted by atomic mass is 16.6. The molecule has 1 aromatic rings. The summed E-state index contributed by atoms with van der Waals surface area (Å²) in [5.41, 5.74) is -0.961. The number of hydrogen-bond donors (Lipinski definition) is 2. The molecule has 0 aliphatic carbocycles. The number of nitrogens with zero attached hydrogens (tertiary/aromatic N) is 2. The van der Waals surface area contributed by atoms with Crippen molar-refractivity contribution in [3.63, 3.8) is 0 Å². The normalized spacial score (nSPS) is 19.6. The third-order valence-electron chi connectivity index (χ3n) is 5.56. The first-order valence-electron chi connectivity index (χ1n) is 10.9.